The average molecular weight is 631 g/mol. The molecule has 40 heavy (non-hydrogen) atoms. The van der Waals surface area contributed by atoms with Crippen LogP contribution < -0.4 is 0 Å². The second-order valence-corrected chi connectivity index (χ2v) is 12.4. The molecule has 5 atom stereocenters. The molecule has 3 aromatic rings. The average Bonchev–Trinajstić information content (AvgIpc) is 3.71. The molecule has 0 radical (unpaired) electrons. The van der Waals surface area contributed by atoms with Crippen LogP contribution in [0.1, 0.15) is 55.9 Å². The van der Waals surface area contributed by atoms with Gasteiger partial charge >= 0.3 is 12.2 Å². The maximum atomic E-state index is 15.9. The van der Waals surface area contributed by atoms with Crippen LogP contribution in [0.3, 0.4) is 0 Å². The molecule has 0 unspecified atom stereocenters. The van der Waals surface area contributed by atoms with Crippen LogP contribution in [0, 0.1) is 23.1 Å². The Morgan fingerprint density at radius 2 is 2.10 bits per heavy atom. The Labute approximate surface area is 243 Å². The Bertz CT molecular complexity index is 1610. The number of halogens is 2. The third-order valence-electron chi connectivity index (χ3n) is 8.91. The molecule has 9 nitrogen and oxygen atoms in total. The number of aryl methyl sites for hydroxylation is 1. The number of rotatable bonds is 5. The van der Waals surface area contributed by atoms with E-state index in [1.54, 1.807) is 4.90 Å². The number of amides is 2. The van der Waals surface area contributed by atoms with Crippen LogP contribution in [0.2, 0.25) is 0 Å². The third kappa shape index (κ3) is 3.88. The summed E-state index contributed by atoms with van der Waals surface area (Å²) in [4.78, 5) is 33.0. The standard InChI is InChI=1S/C28H29BrFN5O4S/c1-13-6-7-18(34(13)28(38)39-2)19-11-17-25(35(19)24-15-10-20(24)33(12-15)27(36)37)16-9-14(5-4-8-31)21(29)22(30)23(16)32-26(17)40-3/h9,11,13,15,18,20,24H,4-7,10,12H2,1-3H3,(H,36,37)/t13-,15-,18-,20-,24+/m1/s1. The topological polar surface area (TPSA) is 112 Å². The van der Waals surface area contributed by atoms with Crippen molar-refractivity contribution in [1.29, 1.82) is 5.26 Å². The van der Waals surface area contributed by atoms with Gasteiger partial charge in [-0.05, 0) is 72.5 Å². The molecule has 1 N–H and O–H groups in total. The zero-order valence-corrected chi connectivity index (χ0v) is 24.8. The summed E-state index contributed by atoms with van der Waals surface area (Å²) >= 11 is 4.82. The van der Waals surface area contributed by atoms with Crippen molar-refractivity contribution in [2.45, 2.75) is 68.2 Å². The largest absolute Gasteiger partial charge is 0.465 e. The number of carbonyl (C=O) groups is 2. The van der Waals surface area contributed by atoms with Crippen molar-refractivity contribution in [1.82, 2.24) is 19.4 Å². The zero-order valence-electron chi connectivity index (χ0n) is 22.4. The molecule has 3 aliphatic heterocycles. The first-order valence-electron chi connectivity index (χ1n) is 13.3. The molecule has 1 aliphatic carbocycles. The van der Waals surface area contributed by atoms with Crippen molar-refractivity contribution in [2.75, 3.05) is 19.9 Å². The summed E-state index contributed by atoms with van der Waals surface area (Å²) in [6, 6.07) is 5.44. The monoisotopic (exact) mass is 629 g/mol. The van der Waals surface area contributed by atoms with Gasteiger partial charge in [-0.1, -0.05) is 0 Å². The molecule has 2 amide bonds. The van der Waals surface area contributed by atoms with Gasteiger partial charge in [0.2, 0.25) is 0 Å². The molecule has 210 valence electrons. The molecule has 0 spiro atoms. The molecule has 7 rings (SSSR count). The maximum Gasteiger partial charge on any atom is 0.410 e. The van der Waals surface area contributed by atoms with Gasteiger partial charge < -0.3 is 19.3 Å². The summed E-state index contributed by atoms with van der Waals surface area (Å²) in [6.45, 7) is 2.44. The van der Waals surface area contributed by atoms with Gasteiger partial charge in [-0.25, -0.2) is 19.0 Å². The number of hydrogen-bond acceptors (Lipinski definition) is 6. The minimum Gasteiger partial charge on any atom is -0.465 e. The predicted octanol–water partition coefficient (Wildman–Crippen LogP) is 6.48. The number of methoxy groups -OCH3 is 1. The first-order valence-corrected chi connectivity index (χ1v) is 15.4. The maximum absolute atomic E-state index is 15.9. The van der Waals surface area contributed by atoms with Crippen molar-refractivity contribution in [2.24, 2.45) is 5.92 Å². The lowest BCUT2D eigenvalue weighted by Gasteiger charge is -2.40. The van der Waals surface area contributed by atoms with Crippen molar-refractivity contribution in [3.05, 3.63) is 33.7 Å². The Balaban J connectivity index is 1.67. The normalized spacial score (nSPS) is 25.4. The molecular weight excluding hydrogens is 601 g/mol. The Kier molecular flexibility index (Phi) is 6.86. The Morgan fingerprint density at radius 3 is 2.75 bits per heavy atom. The van der Waals surface area contributed by atoms with Gasteiger partial charge in [-0.2, -0.15) is 5.26 Å². The van der Waals surface area contributed by atoms with Gasteiger partial charge in [0.25, 0.3) is 0 Å². The van der Waals surface area contributed by atoms with E-state index in [2.05, 4.69) is 32.6 Å². The number of carboxylic acid groups (broad SMARTS) is 1. The molecule has 4 aliphatic rings. The minimum atomic E-state index is -0.941. The number of nitriles is 1. The molecule has 1 saturated carbocycles. The molecular formula is C28H29BrFN5O4S. The highest BCUT2D eigenvalue weighted by Gasteiger charge is 2.56. The molecule has 1 aromatic carbocycles. The molecule has 2 bridgehead atoms. The first-order chi connectivity index (χ1) is 19.2. The lowest BCUT2D eigenvalue weighted by molar-refractivity contribution is 0.100. The van der Waals surface area contributed by atoms with Crippen LogP contribution in [-0.4, -0.2) is 68.6 Å². The van der Waals surface area contributed by atoms with Crippen LogP contribution in [0.5, 0.6) is 0 Å². The number of fused-ring (bicyclic) bond motifs is 4. The van der Waals surface area contributed by atoms with E-state index in [1.165, 1.54) is 23.8 Å². The number of hydrogen-bond donors (Lipinski definition) is 1. The van der Waals surface area contributed by atoms with E-state index in [0.717, 1.165) is 35.9 Å². The highest BCUT2D eigenvalue weighted by atomic mass is 79.9. The highest BCUT2D eigenvalue weighted by Crippen LogP contribution is 2.54. The first kappa shape index (κ1) is 27.1. The van der Waals surface area contributed by atoms with Crippen LogP contribution in [0.25, 0.3) is 21.8 Å². The number of pyridine rings is 1. The predicted molar refractivity (Wildman–Crippen MR) is 152 cm³/mol. The summed E-state index contributed by atoms with van der Waals surface area (Å²) in [5.74, 6) is -0.369. The second-order valence-electron chi connectivity index (χ2n) is 10.8. The number of thioether (sulfide) groups is 1. The number of aromatic nitrogens is 2. The van der Waals surface area contributed by atoms with Crippen molar-refractivity contribution < 1.29 is 23.8 Å². The Hall–Kier alpha value is -3.04. The molecule has 5 heterocycles. The van der Waals surface area contributed by atoms with Crippen molar-refractivity contribution in [3.63, 3.8) is 0 Å². The van der Waals surface area contributed by atoms with E-state index in [4.69, 9.17) is 9.72 Å². The fourth-order valence-corrected chi connectivity index (χ4v) is 8.15. The minimum absolute atomic E-state index is 0.0292. The molecule has 12 heteroatoms. The smallest absolute Gasteiger partial charge is 0.410 e. The van der Waals surface area contributed by atoms with Crippen molar-refractivity contribution >= 4 is 61.7 Å². The van der Waals surface area contributed by atoms with Gasteiger partial charge in [0.15, 0.2) is 5.82 Å². The molecule has 4 fully saturated rings. The summed E-state index contributed by atoms with van der Waals surface area (Å²) in [5.41, 5.74) is 2.59. The van der Waals surface area contributed by atoms with Crippen LogP contribution in [-0.2, 0) is 11.2 Å². The third-order valence-corrected chi connectivity index (χ3v) is 10.5. The number of carbonyl (C=O) groups excluding carboxylic acids is 1. The summed E-state index contributed by atoms with van der Waals surface area (Å²) in [7, 11) is 1.38. The van der Waals surface area contributed by atoms with Gasteiger partial charge in [-0.3, -0.25) is 4.90 Å². The quantitative estimate of drug-likeness (QED) is 0.321. The van der Waals surface area contributed by atoms with E-state index >= 15 is 4.39 Å². The number of benzene rings is 1. The van der Waals surface area contributed by atoms with E-state index in [9.17, 15) is 20.0 Å². The number of ether oxygens (including phenoxy) is 1. The lowest BCUT2D eigenvalue weighted by atomic mass is 9.79. The molecule has 3 saturated heterocycles. The SMILES string of the molecule is COC(=O)N1[C@H](C)CC[C@@H]1c1cc2c(SC)nc3c(F)c(Br)c(CCC#N)cc3c2n1[C@H]1[C@@H]2C[C@H]1N(C(=O)O)C2. The lowest BCUT2D eigenvalue weighted by Crippen LogP contribution is -2.43. The Morgan fingerprint density at radius 1 is 1.32 bits per heavy atom. The number of likely N-dealkylation sites (tertiary alicyclic amines) is 1. The summed E-state index contributed by atoms with van der Waals surface area (Å²) < 4.78 is 23.6. The zero-order chi connectivity index (χ0) is 28.5. The van der Waals surface area contributed by atoms with Crippen LogP contribution in [0.15, 0.2) is 21.6 Å². The summed E-state index contributed by atoms with van der Waals surface area (Å²) in [5, 5.41) is 21.2. The van der Waals surface area contributed by atoms with Gasteiger partial charge in [0.05, 0.1) is 41.3 Å². The van der Waals surface area contributed by atoms with Crippen LogP contribution in [0.4, 0.5) is 14.0 Å². The summed E-state index contributed by atoms with van der Waals surface area (Å²) in [6.07, 6.45) is 3.46. The van der Waals surface area contributed by atoms with Gasteiger partial charge in [0.1, 0.15) is 10.5 Å². The highest BCUT2D eigenvalue weighted by molar-refractivity contribution is 9.10. The van der Waals surface area contributed by atoms with Gasteiger partial charge in [-0.15, -0.1) is 11.8 Å². The van der Waals surface area contributed by atoms with E-state index in [-0.39, 0.29) is 42.0 Å². The van der Waals surface area contributed by atoms with Gasteiger partial charge in [0, 0.05) is 41.4 Å². The van der Waals surface area contributed by atoms with Crippen LogP contribution >= 0.6 is 27.7 Å². The number of nitrogens with zero attached hydrogens (tertiary/aromatic N) is 5. The second kappa shape index (κ2) is 10.1. The van der Waals surface area contributed by atoms with Crippen molar-refractivity contribution in [3.8, 4) is 6.07 Å². The fourth-order valence-electron chi connectivity index (χ4n) is 7.09. The fraction of sp³-hybridized carbons (Fsp3) is 0.500. The molecule has 2 aromatic heterocycles. The van der Waals surface area contributed by atoms with E-state index in [1.807, 2.05) is 19.2 Å². The van der Waals surface area contributed by atoms with E-state index < -0.39 is 18.0 Å². The van der Waals surface area contributed by atoms with E-state index in [0.29, 0.717) is 33.4 Å².